The minimum absolute atomic E-state index is 0.597. The summed E-state index contributed by atoms with van der Waals surface area (Å²) in [6.07, 6.45) is 4.21. The fourth-order valence-electron chi connectivity index (χ4n) is 2.49. The second-order valence-corrected chi connectivity index (χ2v) is 5.45. The molecule has 0 spiro atoms. The van der Waals surface area contributed by atoms with Crippen LogP contribution in [0.25, 0.3) is 0 Å². The van der Waals surface area contributed by atoms with Crippen LogP contribution in [0.1, 0.15) is 18.1 Å². The van der Waals surface area contributed by atoms with E-state index in [0.717, 1.165) is 44.2 Å². The Hall–Kier alpha value is -1.73. The van der Waals surface area contributed by atoms with E-state index in [2.05, 4.69) is 29.9 Å². The zero-order valence-corrected chi connectivity index (χ0v) is 12.6. The highest BCUT2D eigenvalue weighted by Crippen LogP contribution is 2.22. The first-order chi connectivity index (χ1) is 10.2. The molecule has 1 saturated heterocycles. The van der Waals surface area contributed by atoms with E-state index in [9.17, 15) is 0 Å². The number of nitrogens with zero attached hydrogens (tertiary/aromatic N) is 6. The van der Waals surface area contributed by atoms with Crippen LogP contribution in [-0.4, -0.2) is 51.2 Å². The number of rotatable bonds is 3. The molecule has 0 aromatic carbocycles. The van der Waals surface area contributed by atoms with Crippen molar-refractivity contribution in [3.8, 4) is 0 Å². The van der Waals surface area contributed by atoms with Gasteiger partial charge in [-0.05, 0) is 6.42 Å². The van der Waals surface area contributed by atoms with Gasteiger partial charge in [-0.15, -0.1) is 0 Å². The summed E-state index contributed by atoms with van der Waals surface area (Å²) >= 11 is 6.17. The summed E-state index contributed by atoms with van der Waals surface area (Å²) in [4.78, 5) is 17.0. The average molecular weight is 309 g/mol. The summed E-state index contributed by atoms with van der Waals surface area (Å²) in [6, 6.07) is 0. The molecule has 0 amide bonds. The van der Waals surface area contributed by atoms with Crippen molar-refractivity contribution in [2.45, 2.75) is 19.9 Å². The van der Waals surface area contributed by atoms with Crippen molar-refractivity contribution in [3.63, 3.8) is 0 Å². The standard InChI is InChI=1S/C13H17ClN6O/c1-10-17-12(18-21-10)8-19-3-2-4-20(6-5-19)13-11(14)7-15-9-16-13/h7,9H,2-6,8H2,1H3. The average Bonchev–Trinajstić information content (AvgIpc) is 2.74. The molecule has 0 unspecified atom stereocenters. The molecule has 7 nitrogen and oxygen atoms in total. The number of aryl methyl sites for hydroxylation is 1. The third kappa shape index (κ3) is 3.48. The molecule has 21 heavy (non-hydrogen) atoms. The van der Waals surface area contributed by atoms with Crippen molar-refractivity contribution in [1.29, 1.82) is 0 Å². The first-order valence-corrected chi connectivity index (χ1v) is 7.32. The van der Waals surface area contributed by atoms with Crippen LogP contribution in [0.4, 0.5) is 5.82 Å². The zero-order valence-electron chi connectivity index (χ0n) is 11.9. The molecule has 0 saturated carbocycles. The molecule has 3 rings (SSSR count). The molecule has 0 atom stereocenters. The predicted molar refractivity (Wildman–Crippen MR) is 78.2 cm³/mol. The molecule has 3 heterocycles. The van der Waals surface area contributed by atoms with Crippen LogP contribution in [0, 0.1) is 6.92 Å². The Labute approximate surface area is 127 Å². The van der Waals surface area contributed by atoms with Crippen molar-refractivity contribution < 1.29 is 4.52 Å². The second-order valence-electron chi connectivity index (χ2n) is 5.04. The smallest absolute Gasteiger partial charge is 0.223 e. The molecule has 0 bridgehead atoms. The largest absolute Gasteiger partial charge is 0.354 e. The Morgan fingerprint density at radius 2 is 2.19 bits per heavy atom. The monoisotopic (exact) mass is 308 g/mol. The summed E-state index contributed by atoms with van der Waals surface area (Å²) < 4.78 is 5.01. The number of hydrogen-bond donors (Lipinski definition) is 0. The lowest BCUT2D eigenvalue weighted by Crippen LogP contribution is -2.31. The van der Waals surface area contributed by atoms with Gasteiger partial charge in [-0.25, -0.2) is 9.97 Å². The van der Waals surface area contributed by atoms with Gasteiger partial charge in [0.1, 0.15) is 11.3 Å². The number of anilines is 1. The van der Waals surface area contributed by atoms with Gasteiger partial charge in [-0.3, -0.25) is 4.90 Å². The van der Waals surface area contributed by atoms with E-state index >= 15 is 0 Å². The molecule has 2 aromatic rings. The van der Waals surface area contributed by atoms with Crippen molar-refractivity contribution in [3.05, 3.63) is 29.3 Å². The van der Waals surface area contributed by atoms with Gasteiger partial charge in [-0.2, -0.15) is 4.98 Å². The number of aromatic nitrogens is 4. The summed E-state index contributed by atoms with van der Waals surface area (Å²) in [5.41, 5.74) is 0. The third-order valence-corrected chi connectivity index (χ3v) is 3.74. The normalized spacial score (nSPS) is 17.0. The van der Waals surface area contributed by atoms with Crippen LogP contribution in [0.5, 0.6) is 0 Å². The molecule has 8 heteroatoms. The maximum Gasteiger partial charge on any atom is 0.223 e. The Morgan fingerprint density at radius 1 is 1.29 bits per heavy atom. The molecular formula is C13H17ClN6O. The number of hydrogen-bond acceptors (Lipinski definition) is 7. The van der Waals surface area contributed by atoms with Gasteiger partial charge >= 0.3 is 0 Å². The topological polar surface area (TPSA) is 71.2 Å². The minimum Gasteiger partial charge on any atom is -0.354 e. The van der Waals surface area contributed by atoms with Gasteiger partial charge in [-0.1, -0.05) is 16.8 Å². The van der Waals surface area contributed by atoms with Crippen molar-refractivity contribution in [2.24, 2.45) is 0 Å². The molecule has 1 aliphatic rings. The van der Waals surface area contributed by atoms with Crippen LogP contribution in [0.2, 0.25) is 5.02 Å². The third-order valence-electron chi connectivity index (χ3n) is 3.47. The lowest BCUT2D eigenvalue weighted by molar-refractivity contribution is 0.272. The van der Waals surface area contributed by atoms with Crippen LogP contribution in [-0.2, 0) is 6.54 Å². The van der Waals surface area contributed by atoms with E-state index in [-0.39, 0.29) is 0 Å². The maximum absolute atomic E-state index is 6.17. The van der Waals surface area contributed by atoms with Crippen molar-refractivity contribution in [2.75, 3.05) is 31.1 Å². The van der Waals surface area contributed by atoms with Crippen molar-refractivity contribution >= 4 is 17.4 Å². The van der Waals surface area contributed by atoms with E-state index in [4.69, 9.17) is 16.1 Å². The summed E-state index contributed by atoms with van der Waals surface area (Å²) in [5, 5.41) is 4.55. The van der Waals surface area contributed by atoms with E-state index in [1.165, 1.54) is 6.33 Å². The quantitative estimate of drug-likeness (QED) is 0.851. The number of halogens is 1. The zero-order chi connectivity index (χ0) is 14.7. The fourth-order valence-corrected chi connectivity index (χ4v) is 2.71. The molecule has 1 aliphatic heterocycles. The molecule has 2 aromatic heterocycles. The van der Waals surface area contributed by atoms with Crippen LogP contribution in [0.15, 0.2) is 17.0 Å². The Kier molecular flexibility index (Phi) is 4.31. The maximum atomic E-state index is 6.17. The van der Waals surface area contributed by atoms with Gasteiger partial charge < -0.3 is 9.42 Å². The summed E-state index contributed by atoms with van der Waals surface area (Å²) in [6.45, 7) is 6.22. The Balaban J connectivity index is 1.63. The Bertz CT molecular complexity index is 604. The van der Waals surface area contributed by atoms with Gasteiger partial charge in [0, 0.05) is 33.1 Å². The fraction of sp³-hybridized carbons (Fsp3) is 0.538. The van der Waals surface area contributed by atoms with Gasteiger partial charge in [0.2, 0.25) is 5.89 Å². The predicted octanol–water partition coefficient (Wildman–Crippen LogP) is 1.53. The minimum atomic E-state index is 0.597. The molecule has 0 radical (unpaired) electrons. The van der Waals surface area contributed by atoms with E-state index in [1.54, 1.807) is 13.1 Å². The molecule has 0 aliphatic carbocycles. The first-order valence-electron chi connectivity index (χ1n) is 6.94. The SMILES string of the molecule is Cc1nc(CN2CCCN(c3ncncc3Cl)CC2)no1. The lowest BCUT2D eigenvalue weighted by Gasteiger charge is -2.22. The lowest BCUT2D eigenvalue weighted by atomic mass is 10.3. The molecule has 1 fully saturated rings. The van der Waals surface area contributed by atoms with E-state index < -0.39 is 0 Å². The van der Waals surface area contributed by atoms with Gasteiger partial charge in [0.05, 0.1) is 12.7 Å². The highest BCUT2D eigenvalue weighted by molar-refractivity contribution is 6.32. The van der Waals surface area contributed by atoms with E-state index in [0.29, 0.717) is 17.5 Å². The molecular weight excluding hydrogens is 292 g/mol. The molecule has 112 valence electrons. The van der Waals surface area contributed by atoms with Crippen LogP contribution >= 0.6 is 11.6 Å². The van der Waals surface area contributed by atoms with Crippen LogP contribution < -0.4 is 4.90 Å². The highest BCUT2D eigenvalue weighted by atomic mass is 35.5. The van der Waals surface area contributed by atoms with Crippen LogP contribution in [0.3, 0.4) is 0 Å². The second kappa shape index (κ2) is 6.36. The highest BCUT2D eigenvalue weighted by Gasteiger charge is 2.19. The first kappa shape index (κ1) is 14.2. The summed E-state index contributed by atoms with van der Waals surface area (Å²) in [7, 11) is 0. The molecule has 0 N–H and O–H groups in total. The van der Waals surface area contributed by atoms with Crippen molar-refractivity contribution in [1.82, 2.24) is 25.0 Å². The van der Waals surface area contributed by atoms with Gasteiger partial charge in [0.15, 0.2) is 11.6 Å². The van der Waals surface area contributed by atoms with E-state index in [1.807, 2.05) is 0 Å². The summed E-state index contributed by atoms with van der Waals surface area (Å²) in [5.74, 6) is 2.15. The Morgan fingerprint density at radius 3 is 2.95 bits per heavy atom. The van der Waals surface area contributed by atoms with Gasteiger partial charge in [0.25, 0.3) is 0 Å².